The molecule has 134 valence electrons. The van der Waals surface area contributed by atoms with E-state index in [1.807, 2.05) is 12.1 Å². The molecule has 6 heteroatoms. The Morgan fingerprint density at radius 2 is 1.92 bits per heavy atom. The van der Waals surface area contributed by atoms with E-state index in [9.17, 15) is 4.79 Å². The number of aromatic amines is 1. The van der Waals surface area contributed by atoms with Gasteiger partial charge in [0.15, 0.2) is 5.82 Å². The largest absolute Gasteiger partial charge is 0.497 e. The van der Waals surface area contributed by atoms with Crippen molar-refractivity contribution < 1.29 is 4.74 Å². The summed E-state index contributed by atoms with van der Waals surface area (Å²) in [6.45, 7) is 1.86. The standard InChI is InChI=1S/C20H22N4O2/c1-26-16-4-2-14(3-5-16)12-15-7-10-24(11-8-15)19-18-17(6-9-21-19)20(25)23-13-22-18/h2-6,9,13,15H,7-8,10-12H2,1H3,(H,22,23,25). The quantitative estimate of drug-likeness (QED) is 0.783. The van der Waals surface area contributed by atoms with Gasteiger partial charge >= 0.3 is 0 Å². The van der Waals surface area contributed by atoms with Crippen molar-refractivity contribution in [3.8, 4) is 5.75 Å². The predicted molar refractivity (Wildman–Crippen MR) is 102 cm³/mol. The molecule has 3 heterocycles. The maximum atomic E-state index is 12.0. The average molecular weight is 350 g/mol. The molecule has 0 amide bonds. The summed E-state index contributed by atoms with van der Waals surface area (Å²) in [5.41, 5.74) is 1.92. The van der Waals surface area contributed by atoms with Crippen molar-refractivity contribution in [1.82, 2.24) is 15.0 Å². The van der Waals surface area contributed by atoms with E-state index in [0.29, 0.717) is 16.8 Å². The molecule has 1 aromatic carbocycles. The lowest BCUT2D eigenvalue weighted by atomic mass is 9.90. The molecular weight excluding hydrogens is 328 g/mol. The van der Waals surface area contributed by atoms with E-state index in [1.165, 1.54) is 11.9 Å². The molecule has 4 rings (SSSR count). The van der Waals surface area contributed by atoms with Gasteiger partial charge in [-0.15, -0.1) is 0 Å². The van der Waals surface area contributed by atoms with Crippen LogP contribution in [0.4, 0.5) is 5.82 Å². The number of nitrogens with one attached hydrogen (secondary N) is 1. The van der Waals surface area contributed by atoms with Gasteiger partial charge in [-0.2, -0.15) is 0 Å². The number of anilines is 1. The number of hydrogen-bond donors (Lipinski definition) is 1. The van der Waals surface area contributed by atoms with Gasteiger partial charge in [-0.25, -0.2) is 9.97 Å². The van der Waals surface area contributed by atoms with E-state index < -0.39 is 0 Å². The molecular formula is C20H22N4O2. The number of methoxy groups -OCH3 is 1. The number of pyridine rings is 1. The second kappa shape index (κ2) is 7.15. The van der Waals surface area contributed by atoms with Gasteiger partial charge in [0, 0.05) is 19.3 Å². The van der Waals surface area contributed by atoms with Gasteiger partial charge in [0.2, 0.25) is 0 Å². The molecule has 0 atom stereocenters. The van der Waals surface area contributed by atoms with Crippen LogP contribution in [-0.4, -0.2) is 35.2 Å². The Morgan fingerprint density at radius 3 is 2.65 bits per heavy atom. The van der Waals surface area contributed by atoms with Crippen molar-refractivity contribution in [2.75, 3.05) is 25.1 Å². The van der Waals surface area contributed by atoms with Gasteiger partial charge in [-0.1, -0.05) is 12.1 Å². The molecule has 3 aromatic rings. The molecule has 2 aromatic heterocycles. The van der Waals surface area contributed by atoms with E-state index in [4.69, 9.17) is 4.74 Å². The van der Waals surface area contributed by atoms with E-state index in [1.54, 1.807) is 19.4 Å². The highest BCUT2D eigenvalue weighted by molar-refractivity contribution is 5.87. The Balaban J connectivity index is 1.45. The summed E-state index contributed by atoms with van der Waals surface area (Å²) in [5, 5.41) is 0.595. The van der Waals surface area contributed by atoms with Crippen LogP contribution in [0.25, 0.3) is 10.9 Å². The molecule has 26 heavy (non-hydrogen) atoms. The normalized spacial score (nSPS) is 15.3. The van der Waals surface area contributed by atoms with Crippen LogP contribution in [0.15, 0.2) is 47.7 Å². The monoisotopic (exact) mass is 350 g/mol. The zero-order valence-corrected chi connectivity index (χ0v) is 14.8. The highest BCUT2D eigenvalue weighted by Crippen LogP contribution is 2.27. The number of aromatic nitrogens is 3. The predicted octanol–water partition coefficient (Wildman–Crippen LogP) is 2.79. The number of rotatable bonds is 4. The second-order valence-electron chi connectivity index (χ2n) is 6.75. The topological polar surface area (TPSA) is 71.1 Å². The van der Waals surface area contributed by atoms with Crippen LogP contribution in [0.1, 0.15) is 18.4 Å². The first-order valence-electron chi connectivity index (χ1n) is 8.95. The molecule has 1 aliphatic heterocycles. The van der Waals surface area contributed by atoms with Crippen molar-refractivity contribution in [2.45, 2.75) is 19.3 Å². The van der Waals surface area contributed by atoms with E-state index in [2.05, 4.69) is 32.0 Å². The molecule has 0 saturated carbocycles. The number of ether oxygens (including phenoxy) is 1. The molecule has 6 nitrogen and oxygen atoms in total. The number of hydrogen-bond acceptors (Lipinski definition) is 5. The Bertz CT molecular complexity index is 944. The third-order valence-electron chi connectivity index (χ3n) is 5.14. The van der Waals surface area contributed by atoms with Gasteiger partial charge in [-0.3, -0.25) is 4.79 Å². The summed E-state index contributed by atoms with van der Waals surface area (Å²) < 4.78 is 5.22. The van der Waals surface area contributed by atoms with Crippen molar-refractivity contribution >= 4 is 16.7 Å². The summed E-state index contributed by atoms with van der Waals surface area (Å²) >= 11 is 0. The fourth-order valence-corrected chi connectivity index (χ4v) is 3.66. The Morgan fingerprint density at radius 1 is 1.15 bits per heavy atom. The first-order chi connectivity index (χ1) is 12.7. The lowest BCUT2D eigenvalue weighted by Gasteiger charge is -2.33. The number of fused-ring (bicyclic) bond motifs is 1. The highest BCUT2D eigenvalue weighted by atomic mass is 16.5. The van der Waals surface area contributed by atoms with Crippen LogP contribution in [0.3, 0.4) is 0 Å². The Kier molecular flexibility index (Phi) is 4.56. The van der Waals surface area contributed by atoms with E-state index in [-0.39, 0.29) is 5.56 Å². The summed E-state index contributed by atoms with van der Waals surface area (Å²) in [6, 6.07) is 10.1. The Hall–Kier alpha value is -2.89. The lowest BCUT2D eigenvalue weighted by molar-refractivity contribution is 0.401. The van der Waals surface area contributed by atoms with Gasteiger partial charge in [0.25, 0.3) is 5.56 Å². The fraction of sp³-hybridized carbons (Fsp3) is 0.350. The summed E-state index contributed by atoms with van der Waals surface area (Å²) in [4.78, 5) is 25.7. The highest BCUT2D eigenvalue weighted by Gasteiger charge is 2.22. The molecule has 0 spiro atoms. The van der Waals surface area contributed by atoms with Crippen LogP contribution in [0.2, 0.25) is 0 Å². The van der Waals surface area contributed by atoms with Crippen molar-refractivity contribution in [1.29, 1.82) is 0 Å². The third-order valence-corrected chi connectivity index (χ3v) is 5.14. The average Bonchev–Trinajstić information content (AvgIpc) is 2.69. The summed E-state index contributed by atoms with van der Waals surface area (Å²) in [5.74, 6) is 2.37. The first kappa shape index (κ1) is 16.6. The zero-order chi connectivity index (χ0) is 17.9. The van der Waals surface area contributed by atoms with Gasteiger partial charge in [-0.05, 0) is 48.9 Å². The number of piperidine rings is 1. The molecule has 0 bridgehead atoms. The SMILES string of the molecule is COc1ccc(CC2CCN(c3nccc4c(=O)[nH]cnc34)CC2)cc1. The van der Waals surface area contributed by atoms with Gasteiger partial charge in [0.1, 0.15) is 11.3 Å². The fourth-order valence-electron chi connectivity index (χ4n) is 3.66. The second-order valence-corrected chi connectivity index (χ2v) is 6.75. The number of H-pyrrole nitrogens is 1. The van der Waals surface area contributed by atoms with Crippen molar-refractivity contribution in [3.63, 3.8) is 0 Å². The van der Waals surface area contributed by atoms with Gasteiger partial charge < -0.3 is 14.6 Å². The molecule has 0 radical (unpaired) electrons. The molecule has 0 aliphatic carbocycles. The number of nitrogens with zero attached hydrogens (tertiary/aromatic N) is 3. The van der Waals surface area contributed by atoms with Crippen molar-refractivity contribution in [2.24, 2.45) is 5.92 Å². The van der Waals surface area contributed by atoms with Crippen molar-refractivity contribution in [3.05, 3.63) is 58.8 Å². The molecule has 1 aliphatic rings. The maximum Gasteiger partial charge on any atom is 0.258 e. The lowest BCUT2D eigenvalue weighted by Crippen LogP contribution is -2.35. The molecule has 1 N–H and O–H groups in total. The molecule has 1 fully saturated rings. The van der Waals surface area contributed by atoms with E-state index >= 15 is 0 Å². The van der Waals surface area contributed by atoms with Crippen LogP contribution in [0.5, 0.6) is 5.75 Å². The summed E-state index contributed by atoms with van der Waals surface area (Å²) in [7, 11) is 1.69. The Labute approximate surface area is 151 Å². The third kappa shape index (κ3) is 3.27. The van der Waals surface area contributed by atoms with Crippen LogP contribution < -0.4 is 15.2 Å². The maximum absolute atomic E-state index is 12.0. The van der Waals surface area contributed by atoms with Gasteiger partial charge in [0.05, 0.1) is 18.8 Å². The smallest absolute Gasteiger partial charge is 0.258 e. The van der Waals surface area contributed by atoms with E-state index in [0.717, 1.165) is 43.9 Å². The molecule has 1 saturated heterocycles. The molecule has 0 unspecified atom stereocenters. The minimum Gasteiger partial charge on any atom is -0.497 e. The number of benzene rings is 1. The van der Waals surface area contributed by atoms with Crippen LogP contribution >= 0.6 is 0 Å². The first-order valence-corrected chi connectivity index (χ1v) is 8.95. The van der Waals surface area contributed by atoms with Crippen LogP contribution in [0, 0.1) is 5.92 Å². The van der Waals surface area contributed by atoms with Crippen LogP contribution in [-0.2, 0) is 6.42 Å². The zero-order valence-electron chi connectivity index (χ0n) is 14.8. The summed E-state index contributed by atoms with van der Waals surface area (Å²) in [6.07, 6.45) is 6.43. The minimum absolute atomic E-state index is 0.118. The minimum atomic E-state index is -0.118.